The Labute approximate surface area is 124 Å². The maximum absolute atomic E-state index is 13.2. The number of rotatable bonds is 4. The van der Waals surface area contributed by atoms with E-state index in [0.29, 0.717) is 11.4 Å². The summed E-state index contributed by atoms with van der Waals surface area (Å²) in [6.45, 7) is 0.202. The summed E-state index contributed by atoms with van der Waals surface area (Å²) in [5.41, 5.74) is 1.21. The Hall–Kier alpha value is -2.67. The Morgan fingerprint density at radius 1 is 1.09 bits per heavy atom. The van der Waals surface area contributed by atoms with E-state index in [9.17, 15) is 13.9 Å². The molecule has 0 unspecified atom stereocenters. The molecule has 7 heteroatoms. The Balaban J connectivity index is 1.75. The smallest absolute Gasteiger partial charge is 0.161 e. The fraction of sp³-hybridized carbons (Fsp3) is 0.133. The van der Waals surface area contributed by atoms with Gasteiger partial charge in [-0.05, 0) is 17.7 Å². The second kappa shape index (κ2) is 5.98. The van der Waals surface area contributed by atoms with Crippen molar-refractivity contribution >= 4 is 16.9 Å². The molecule has 0 aliphatic heterocycles. The van der Waals surface area contributed by atoms with Crippen LogP contribution in [-0.4, -0.2) is 26.6 Å². The minimum atomic E-state index is -0.976. The van der Waals surface area contributed by atoms with Crippen LogP contribution < -0.4 is 5.32 Å². The Kier molecular flexibility index (Phi) is 3.88. The number of aliphatic hydroxyl groups excluding tert-OH is 1. The highest BCUT2D eigenvalue weighted by atomic mass is 19.2. The molecule has 0 spiro atoms. The Morgan fingerprint density at radius 2 is 1.77 bits per heavy atom. The number of aliphatic hydroxyl groups is 1. The summed E-state index contributed by atoms with van der Waals surface area (Å²) in [6.07, 6.45) is 3.83. The molecule has 0 amide bonds. The van der Waals surface area contributed by atoms with Crippen molar-refractivity contribution in [3.8, 4) is 0 Å². The van der Waals surface area contributed by atoms with Gasteiger partial charge in [0.15, 0.2) is 11.6 Å². The van der Waals surface area contributed by atoms with Crippen LogP contribution in [0.1, 0.15) is 11.7 Å². The van der Waals surface area contributed by atoms with Crippen LogP contribution in [0.3, 0.4) is 0 Å². The van der Waals surface area contributed by atoms with Gasteiger partial charge in [-0.1, -0.05) is 0 Å². The average molecular weight is 302 g/mol. The number of aromatic nitrogens is 3. The lowest BCUT2D eigenvalue weighted by Crippen LogP contribution is -2.13. The summed E-state index contributed by atoms with van der Waals surface area (Å²) < 4.78 is 26.3. The average Bonchev–Trinajstić information content (AvgIpc) is 2.54. The van der Waals surface area contributed by atoms with Gasteiger partial charge in [-0.3, -0.25) is 9.97 Å². The highest BCUT2D eigenvalue weighted by Crippen LogP contribution is 2.17. The van der Waals surface area contributed by atoms with Gasteiger partial charge in [-0.15, -0.1) is 0 Å². The van der Waals surface area contributed by atoms with Crippen molar-refractivity contribution in [2.45, 2.75) is 6.10 Å². The molecule has 2 heterocycles. The maximum Gasteiger partial charge on any atom is 0.161 e. The quantitative estimate of drug-likeness (QED) is 0.774. The minimum Gasteiger partial charge on any atom is -0.387 e. The van der Waals surface area contributed by atoms with Crippen molar-refractivity contribution in [3.63, 3.8) is 0 Å². The van der Waals surface area contributed by atoms with Crippen molar-refractivity contribution in [1.82, 2.24) is 15.0 Å². The molecular weight excluding hydrogens is 290 g/mol. The van der Waals surface area contributed by atoms with Gasteiger partial charge in [0.05, 0.1) is 23.3 Å². The minimum absolute atomic E-state index is 0.202. The van der Waals surface area contributed by atoms with Crippen molar-refractivity contribution in [2.24, 2.45) is 0 Å². The summed E-state index contributed by atoms with van der Waals surface area (Å²) >= 11 is 0. The molecule has 0 fully saturated rings. The number of benzene rings is 1. The molecular formula is C15H12F2N4O. The molecule has 2 N–H and O–H groups in total. The van der Waals surface area contributed by atoms with Gasteiger partial charge in [-0.25, -0.2) is 13.8 Å². The van der Waals surface area contributed by atoms with E-state index in [4.69, 9.17) is 0 Å². The SMILES string of the molecule is O[C@H](CNc1cnc2cc(F)c(F)cc2n1)c1ccncc1. The molecule has 112 valence electrons. The third kappa shape index (κ3) is 2.99. The van der Waals surface area contributed by atoms with E-state index < -0.39 is 17.7 Å². The fourth-order valence-corrected chi connectivity index (χ4v) is 2.00. The fourth-order valence-electron chi connectivity index (χ4n) is 2.00. The number of pyridine rings is 1. The molecule has 0 saturated heterocycles. The van der Waals surface area contributed by atoms with E-state index in [1.807, 2.05) is 0 Å². The molecule has 5 nitrogen and oxygen atoms in total. The van der Waals surface area contributed by atoms with E-state index in [-0.39, 0.29) is 17.6 Å². The van der Waals surface area contributed by atoms with Crippen LogP contribution in [0.4, 0.5) is 14.6 Å². The number of hydrogen-bond acceptors (Lipinski definition) is 5. The molecule has 3 rings (SSSR count). The molecule has 1 aromatic carbocycles. The number of anilines is 1. The van der Waals surface area contributed by atoms with Crippen molar-refractivity contribution in [2.75, 3.05) is 11.9 Å². The Morgan fingerprint density at radius 3 is 2.50 bits per heavy atom. The van der Waals surface area contributed by atoms with Crippen molar-refractivity contribution in [1.29, 1.82) is 0 Å². The lowest BCUT2D eigenvalue weighted by Gasteiger charge is -2.12. The van der Waals surface area contributed by atoms with Crippen molar-refractivity contribution < 1.29 is 13.9 Å². The van der Waals surface area contributed by atoms with E-state index in [2.05, 4.69) is 20.3 Å². The monoisotopic (exact) mass is 302 g/mol. The first kappa shape index (κ1) is 14.3. The van der Waals surface area contributed by atoms with E-state index in [0.717, 1.165) is 12.1 Å². The van der Waals surface area contributed by atoms with Crippen LogP contribution in [0, 0.1) is 11.6 Å². The normalized spacial score (nSPS) is 12.3. The summed E-state index contributed by atoms with van der Waals surface area (Å²) in [5, 5.41) is 12.9. The summed E-state index contributed by atoms with van der Waals surface area (Å²) in [7, 11) is 0. The third-order valence-electron chi connectivity index (χ3n) is 3.15. The molecule has 0 radical (unpaired) electrons. The number of fused-ring (bicyclic) bond motifs is 1. The van der Waals surface area contributed by atoms with Gasteiger partial charge in [0.2, 0.25) is 0 Å². The highest BCUT2D eigenvalue weighted by molar-refractivity contribution is 5.75. The van der Waals surface area contributed by atoms with Gasteiger partial charge < -0.3 is 10.4 Å². The first-order valence-electron chi connectivity index (χ1n) is 6.57. The molecule has 0 aliphatic rings. The predicted molar refractivity (Wildman–Crippen MR) is 77.1 cm³/mol. The Bertz CT molecular complexity index is 798. The van der Waals surface area contributed by atoms with E-state index in [1.54, 1.807) is 24.5 Å². The summed E-state index contributed by atoms with van der Waals surface area (Å²) in [6, 6.07) is 5.39. The second-order valence-electron chi connectivity index (χ2n) is 4.69. The third-order valence-corrected chi connectivity index (χ3v) is 3.15. The molecule has 3 aromatic rings. The van der Waals surface area contributed by atoms with Crippen LogP contribution in [0.2, 0.25) is 0 Å². The standard InChI is InChI=1S/C15H12F2N4O/c16-10-5-12-13(6-11(10)17)21-15(8-19-12)20-7-14(22)9-1-3-18-4-2-9/h1-6,8,14,22H,7H2,(H,20,21)/t14-/m1/s1. The van der Waals surface area contributed by atoms with Gasteiger partial charge in [-0.2, -0.15) is 0 Å². The number of nitrogens with one attached hydrogen (secondary N) is 1. The van der Waals surface area contributed by atoms with Gasteiger partial charge in [0.1, 0.15) is 5.82 Å². The first-order valence-corrected chi connectivity index (χ1v) is 6.57. The zero-order chi connectivity index (χ0) is 15.5. The number of hydrogen-bond donors (Lipinski definition) is 2. The molecule has 0 saturated carbocycles. The second-order valence-corrected chi connectivity index (χ2v) is 4.69. The maximum atomic E-state index is 13.2. The van der Waals surface area contributed by atoms with Gasteiger partial charge in [0, 0.05) is 31.1 Å². The van der Waals surface area contributed by atoms with Crippen LogP contribution in [0.5, 0.6) is 0 Å². The van der Waals surface area contributed by atoms with Gasteiger partial charge >= 0.3 is 0 Å². The molecule has 22 heavy (non-hydrogen) atoms. The predicted octanol–water partition coefficient (Wildman–Crippen LogP) is 2.45. The zero-order valence-corrected chi connectivity index (χ0v) is 11.4. The number of nitrogens with zero attached hydrogens (tertiary/aromatic N) is 3. The zero-order valence-electron chi connectivity index (χ0n) is 11.4. The molecule has 0 bridgehead atoms. The van der Waals surface area contributed by atoms with E-state index >= 15 is 0 Å². The number of halogens is 2. The van der Waals surface area contributed by atoms with Crippen LogP contribution in [0.25, 0.3) is 11.0 Å². The summed E-state index contributed by atoms with van der Waals surface area (Å²) in [4.78, 5) is 12.0. The van der Waals surface area contributed by atoms with Crippen LogP contribution in [0.15, 0.2) is 42.9 Å². The lowest BCUT2D eigenvalue weighted by molar-refractivity contribution is 0.191. The van der Waals surface area contributed by atoms with Gasteiger partial charge in [0.25, 0.3) is 0 Å². The summed E-state index contributed by atoms with van der Waals surface area (Å²) in [5.74, 6) is -1.57. The molecule has 0 aliphatic carbocycles. The molecule has 1 atom stereocenters. The van der Waals surface area contributed by atoms with Crippen LogP contribution >= 0.6 is 0 Å². The highest BCUT2D eigenvalue weighted by Gasteiger charge is 2.09. The molecule has 2 aromatic heterocycles. The van der Waals surface area contributed by atoms with Crippen LogP contribution in [-0.2, 0) is 0 Å². The first-order chi connectivity index (χ1) is 10.6. The largest absolute Gasteiger partial charge is 0.387 e. The van der Waals surface area contributed by atoms with Crippen molar-refractivity contribution in [3.05, 3.63) is 60.1 Å². The topological polar surface area (TPSA) is 70.9 Å². The van der Waals surface area contributed by atoms with E-state index in [1.165, 1.54) is 6.20 Å². The lowest BCUT2D eigenvalue weighted by atomic mass is 10.1.